The van der Waals surface area contributed by atoms with Crippen molar-refractivity contribution in [2.45, 2.75) is 32.7 Å². The molecule has 0 saturated carbocycles. The van der Waals surface area contributed by atoms with Gasteiger partial charge in [0, 0.05) is 6.04 Å². The summed E-state index contributed by atoms with van der Waals surface area (Å²) in [5.41, 5.74) is 0. The Morgan fingerprint density at radius 2 is 1.80 bits per heavy atom. The van der Waals surface area contributed by atoms with Gasteiger partial charge in [-0.2, -0.15) is 0 Å². The van der Waals surface area contributed by atoms with E-state index in [4.69, 9.17) is 0 Å². The molecular formula is C10H20N2O3. The quantitative estimate of drug-likeness (QED) is 0.590. The lowest BCUT2D eigenvalue weighted by atomic mass is 10.2. The molecule has 1 amide bonds. The van der Waals surface area contributed by atoms with E-state index in [1.807, 2.05) is 0 Å². The molecular weight excluding hydrogens is 196 g/mol. The van der Waals surface area contributed by atoms with Gasteiger partial charge in [-0.25, -0.2) is 0 Å². The minimum atomic E-state index is -0.439. The van der Waals surface area contributed by atoms with Gasteiger partial charge in [0.05, 0.1) is 13.7 Å². The predicted molar refractivity (Wildman–Crippen MR) is 57.4 cm³/mol. The Morgan fingerprint density at radius 1 is 1.20 bits per heavy atom. The molecule has 0 aliphatic rings. The zero-order valence-corrected chi connectivity index (χ0v) is 9.63. The molecule has 0 unspecified atom stereocenters. The molecule has 0 atom stereocenters. The van der Waals surface area contributed by atoms with Crippen LogP contribution in [0, 0.1) is 0 Å². The van der Waals surface area contributed by atoms with Crippen LogP contribution in [-0.2, 0) is 14.3 Å². The molecule has 88 valence electrons. The van der Waals surface area contributed by atoms with Gasteiger partial charge in [-0.1, -0.05) is 13.8 Å². The molecule has 0 fully saturated rings. The van der Waals surface area contributed by atoms with E-state index < -0.39 is 5.97 Å². The van der Waals surface area contributed by atoms with Crippen LogP contribution in [-0.4, -0.2) is 38.1 Å². The van der Waals surface area contributed by atoms with Gasteiger partial charge in [-0.15, -0.1) is 0 Å². The Bertz CT molecular complexity index is 203. The zero-order valence-electron chi connectivity index (χ0n) is 9.63. The van der Waals surface area contributed by atoms with Crippen LogP contribution in [0.25, 0.3) is 0 Å². The van der Waals surface area contributed by atoms with Crippen molar-refractivity contribution in [3.8, 4) is 0 Å². The minimum absolute atomic E-state index is 0.0695. The molecule has 5 heteroatoms. The van der Waals surface area contributed by atoms with E-state index in [0.717, 1.165) is 12.8 Å². The molecule has 0 aromatic rings. The maximum Gasteiger partial charge on any atom is 0.325 e. The van der Waals surface area contributed by atoms with E-state index in [1.165, 1.54) is 7.11 Å². The number of hydrogen-bond donors (Lipinski definition) is 2. The van der Waals surface area contributed by atoms with E-state index in [1.54, 1.807) is 0 Å². The van der Waals surface area contributed by atoms with Crippen molar-refractivity contribution in [3.63, 3.8) is 0 Å². The highest BCUT2D eigenvalue weighted by Gasteiger charge is 2.07. The summed E-state index contributed by atoms with van der Waals surface area (Å²) in [7, 11) is 1.29. The van der Waals surface area contributed by atoms with Crippen molar-refractivity contribution in [1.29, 1.82) is 0 Å². The van der Waals surface area contributed by atoms with Crippen LogP contribution in [0.3, 0.4) is 0 Å². The first kappa shape index (κ1) is 13.9. The number of carbonyl (C=O) groups excluding carboxylic acids is 2. The number of ether oxygens (including phenoxy) is 1. The van der Waals surface area contributed by atoms with Gasteiger partial charge < -0.3 is 15.4 Å². The highest BCUT2D eigenvalue weighted by molar-refractivity contribution is 5.83. The molecule has 15 heavy (non-hydrogen) atoms. The van der Waals surface area contributed by atoms with Gasteiger partial charge in [0.25, 0.3) is 0 Å². The van der Waals surface area contributed by atoms with Crippen LogP contribution in [0.5, 0.6) is 0 Å². The number of amides is 1. The molecule has 2 N–H and O–H groups in total. The van der Waals surface area contributed by atoms with Crippen molar-refractivity contribution in [2.24, 2.45) is 0 Å². The number of rotatable bonds is 7. The highest BCUT2D eigenvalue weighted by Crippen LogP contribution is 1.94. The Morgan fingerprint density at radius 3 is 2.27 bits per heavy atom. The fourth-order valence-corrected chi connectivity index (χ4v) is 1.12. The van der Waals surface area contributed by atoms with Crippen molar-refractivity contribution < 1.29 is 14.3 Å². The van der Waals surface area contributed by atoms with Gasteiger partial charge in [-0.3, -0.25) is 9.59 Å². The molecule has 0 saturated heterocycles. The third kappa shape index (κ3) is 6.90. The van der Waals surface area contributed by atoms with Crippen molar-refractivity contribution in [2.75, 3.05) is 20.2 Å². The molecule has 5 nitrogen and oxygen atoms in total. The highest BCUT2D eigenvalue weighted by atomic mass is 16.5. The van der Waals surface area contributed by atoms with E-state index in [-0.39, 0.29) is 19.0 Å². The van der Waals surface area contributed by atoms with Crippen LogP contribution in [0.2, 0.25) is 0 Å². The lowest BCUT2D eigenvalue weighted by Crippen LogP contribution is -2.40. The first-order chi connectivity index (χ1) is 7.13. The Balaban J connectivity index is 3.61. The minimum Gasteiger partial charge on any atom is -0.468 e. The molecule has 0 heterocycles. The third-order valence-electron chi connectivity index (χ3n) is 2.19. The number of hydrogen-bond acceptors (Lipinski definition) is 4. The molecule has 0 aromatic heterocycles. The second-order valence-electron chi connectivity index (χ2n) is 3.25. The lowest BCUT2D eigenvalue weighted by Gasteiger charge is -2.13. The smallest absolute Gasteiger partial charge is 0.325 e. The average molecular weight is 216 g/mol. The molecule has 0 radical (unpaired) electrons. The maximum absolute atomic E-state index is 11.2. The largest absolute Gasteiger partial charge is 0.468 e. The molecule has 0 bridgehead atoms. The second-order valence-corrected chi connectivity index (χ2v) is 3.25. The van der Waals surface area contributed by atoms with Crippen LogP contribution >= 0.6 is 0 Å². The Hall–Kier alpha value is -1.10. The second kappa shape index (κ2) is 8.23. The predicted octanol–water partition coefficient (Wildman–Crippen LogP) is 0.0538. The normalized spacial score (nSPS) is 10.1. The first-order valence-corrected chi connectivity index (χ1v) is 5.20. The van der Waals surface area contributed by atoms with Gasteiger partial charge in [0.1, 0.15) is 6.54 Å². The Labute approximate surface area is 90.6 Å². The maximum atomic E-state index is 11.2. The van der Waals surface area contributed by atoms with Crippen LogP contribution in [0.1, 0.15) is 26.7 Å². The molecule has 0 spiro atoms. The average Bonchev–Trinajstić information content (AvgIpc) is 2.27. The van der Waals surface area contributed by atoms with Gasteiger partial charge >= 0.3 is 5.97 Å². The van der Waals surface area contributed by atoms with Gasteiger partial charge in [0.15, 0.2) is 0 Å². The third-order valence-corrected chi connectivity index (χ3v) is 2.19. The summed E-state index contributed by atoms with van der Waals surface area (Å²) in [5.74, 6) is -0.627. The summed E-state index contributed by atoms with van der Waals surface area (Å²) in [4.78, 5) is 21.9. The summed E-state index contributed by atoms with van der Waals surface area (Å²) in [6, 6.07) is 0.355. The van der Waals surface area contributed by atoms with Crippen LogP contribution in [0.4, 0.5) is 0 Å². The number of carbonyl (C=O) groups is 2. The summed E-state index contributed by atoms with van der Waals surface area (Å²) in [6.45, 7) is 4.30. The Kier molecular flexibility index (Phi) is 7.62. The summed E-state index contributed by atoms with van der Waals surface area (Å²) in [6.07, 6.45) is 1.97. The summed E-state index contributed by atoms with van der Waals surface area (Å²) >= 11 is 0. The van der Waals surface area contributed by atoms with E-state index in [2.05, 4.69) is 29.2 Å². The fourth-order valence-electron chi connectivity index (χ4n) is 1.12. The number of esters is 1. The monoisotopic (exact) mass is 216 g/mol. The fraction of sp³-hybridized carbons (Fsp3) is 0.800. The number of methoxy groups -OCH3 is 1. The molecule has 0 aliphatic heterocycles. The van der Waals surface area contributed by atoms with Gasteiger partial charge in [-0.05, 0) is 12.8 Å². The lowest BCUT2D eigenvalue weighted by molar-refractivity contribution is -0.141. The van der Waals surface area contributed by atoms with Crippen molar-refractivity contribution in [3.05, 3.63) is 0 Å². The van der Waals surface area contributed by atoms with Crippen LogP contribution in [0.15, 0.2) is 0 Å². The SMILES string of the molecule is CCC(CC)NCC(=O)NCC(=O)OC. The van der Waals surface area contributed by atoms with Crippen LogP contribution < -0.4 is 10.6 Å². The van der Waals surface area contributed by atoms with Gasteiger partial charge in [0.2, 0.25) is 5.91 Å². The zero-order chi connectivity index (χ0) is 11.7. The standard InChI is InChI=1S/C10H20N2O3/c1-4-8(5-2)11-6-9(13)12-7-10(14)15-3/h8,11H,4-7H2,1-3H3,(H,12,13). The first-order valence-electron chi connectivity index (χ1n) is 5.20. The summed E-state index contributed by atoms with van der Waals surface area (Å²) < 4.78 is 4.39. The van der Waals surface area contributed by atoms with E-state index in [0.29, 0.717) is 6.04 Å². The summed E-state index contributed by atoms with van der Waals surface area (Å²) in [5, 5.41) is 5.56. The topological polar surface area (TPSA) is 67.4 Å². The van der Waals surface area contributed by atoms with E-state index >= 15 is 0 Å². The molecule has 0 rings (SSSR count). The van der Waals surface area contributed by atoms with Crippen molar-refractivity contribution in [1.82, 2.24) is 10.6 Å². The molecule has 0 aromatic carbocycles. The van der Waals surface area contributed by atoms with Crippen molar-refractivity contribution >= 4 is 11.9 Å². The molecule has 0 aliphatic carbocycles. The van der Waals surface area contributed by atoms with E-state index in [9.17, 15) is 9.59 Å². The number of nitrogens with one attached hydrogen (secondary N) is 2.